The first-order valence-electron chi connectivity index (χ1n) is 5.24. The molecule has 90 valence electrons. The Bertz CT molecular complexity index is 378. The molecule has 0 unspecified atom stereocenters. The molecule has 0 atom stereocenters. The van der Waals surface area contributed by atoms with Crippen molar-refractivity contribution in [2.24, 2.45) is 0 Å². The van der Waals surface area contributed by atoms with Crippen LogP contribution in [0.2, 0.25) is 5.02 Å². The van der Waals surface area contributed by atoms with E-state index in [9.17, 15) is 4.39 Å². The number of rotatable bonds is 4. The van der Waals surface area contributed by atoms with Crippen LogP contribution in [-0.4, -0.2) is 19.1 Å². The topological polar surface area (TPSA) is 24.1 Å². The van der Waals surface area contributed by atoms with Crippen LogP contribution >= 0.6 is 11.6 Å². The lowest BCUT2D eigenvalue weighted by Gasteiger charge is -2.25. The number of hydrogen-bond acceptors (Lipinski definition) is 2. The Morgan fingerprint density at radius 3 is 2.56 bits per heavy atom. The summed E-state index contributed by atoms with van der Waals surface area (Å²) in [6.45, 7) is 6.48. The molecule has 0 aromatic heterocycles. The second kappa shape index (κ2) is 5.02. The molecule has 1 aromatic rings. The van der Waals surface area contributed by atoms with Crippen LogP contribution in [0.5, 0.6) is 0 Å². The molecule has 2 N–H and O–H groups in total. The van der Waals surface area contributed by atoms with Gasteiger partial charge in [0.1, 0.15) is 5.82 Å². The smallest absolute Gasteiger partial charge is 0.128 e. The molecule has 0 bridgehead atoms. The largest absolute Gasteiger partial charge is 0.382 e. The number of hydrogen-bond donors (Lipinski definition) is 2. The van der Waals surface area contributed by atoms with Gasteiger partial charge in [-0.2, -0.15) is 0 Å². The second-order valence-electron chi connectivity index (χ2n) is 4.57. The van der Waals surface area contributed by atoms with Crippen LogP contribution in [0.1, 0.15) is 19.4 Å². The van der Waals surface area contributed by atoms with Crippen molar-refractivity contribution in [1.29, 1.82) is 0 Å². The lowest BCUT2D eigenvalue weighted by atomic mass is 10.1. The SMILES string of the molecule is CNC(C)(C)CNc1cc(F)c(C)cc1Cl. The quantitative estimate of drug-likeness (QED) is 0.850. The maximum Gasteiger partial charge on any atom is 0.128 e. The Morgan fingerprint density at radius 1 is 1.38 bits per heavy atom. The summed E-state index contributed by atoms with van der Waals surface area (Å²) >= 11 is 6.02. The Balaban J connectivity index is 2.79. The lowest BCUT2D eigenvalue weighted by molar-refractivity contribution is 0.448. The highest BCUT2D eigenvalue weighted by molar-refractivity contribution is 6.33. The molecule has 4 heteroatoms. The first-order chi connectivity index (χ1) is 7.35. The van der Waals surface area contributed by atoms with E-state index in [4.69, 9.17) is 11.6 Å². The maximum absolute atomic E-state index is 13.3. The molecule has 1 aromatic carbocycles. The average molecular weight is 245 g/mol. The van der Waals surface area contributed by atoms with Gasteiger partial charge in [-0.25, -0.2) is 4.39 Å². The van der Waals surface area contributed by atoms with E-state index in [1.807, 2.05) is 7.05 Å². The number of likely N-dealkylation sites (N-methyl/N-ethyl adjacent to an activating group) is 1. The van der Waals surface area contributed by atoms with Gasteiger partial charge in [0, 0.05) is 12.1 Å². The fraction of sp³-hybridized carbons (Fsp3) is 0.500. The van der Waals surface area contributed by atoms with Crippen LogP contribution in [0.25, 0.3) is 0 Å². The third-order valence-corrected chi connectivity index (χ3v) is 2.96. The zero-order valence-electron chi connectivity index (χ0n) is 10.1. The highest BCUT2D eigenvalue weighted by atomic mass is 35.5. The molecule has 0 aliphatic carbocycles. The average Bonchev–Trinajstić information content (AvgIpc) is 2.22. The normalized spacial score (nSPS) is 11.6. The van der Waals surface area contributed by atoms with Crippen molar-refractivity contribution in [2.45, 2.75) is 26.3 Å². The molecule has 2 nitrogen and oxygen atoms in total. The molecule has 0 aliphatic rings. The van der Waals surface area contributed by atoms with Crippen molar-refractivity contribution in [3.8, 4) is 0 Å². The van der Waals surface area contributed by atoms with Crippen molar-refractivity contribution >= 4 is 17.3 Å². The van der Waals surface area contributed by atoms with Crippen molar-refractivity contribution in [3.05, 3.63) is 28.5 Å². The Kier molecular flexibility index (Phi) is 4.16. The molecule has 0 fully saturated rings. The van der Waals surface area contributed by atoms with E-state index in [1.54, 1.807) is 13.0 Å². The van der Waals surface area contributed by atoms with E-state index in [0.29, 0.717) is 22.8 Å². The summed E-state index contributed by atoms with van der Waals surface area (Å²) in [6.07, 6.45) is 0. The van der Waals surface area contributed by atoms with Crippen LogP contribution in [0.15, 0.2) is 12.1 Å². The zero-order valence-corrected chi connectivity index (χ0v) is 10.9. The highest BCUT2D eigenvalue weighted by Gasteiger charge is 2.15. The van der Waals surface area contributed by atoms with E-state index in [-0.39, 0.29) is 11.4 Å². The number of benzene rings is 1. The summed E-state index contributed by atoms with van der Waals surface area (Å²) in [4.78, 5) is 0. The van der Waals surface area contributed by atoms with E-state index >= 15 is 0 Å². The van der Waals surface area contributed by atoms with E-state index in [0.717, 1.165) is 0 Å². The summed E-state index contributed by atoms with van der Waals surface area (Å²) in [7, 11) is 1.89. The van der Waals surface area contributed by atoms with Gasteiger partial charge in [-0.05, 0) is 45.5 Å². The van der Waals surface area contributed by atoms with Crippen LogP contribution < -0.4 is 10.6 Å². The minimum atomic E-state index is -0.242. The van der Waals surface area contributed by atoms with Crippen LogP contribution in [0.4, 0.5) is 10.1 Å². The molecule has 0 aliphatic heterocycles. The Labute approximate surface area is 101 Å². The molecule has 0 saturated heterocycles. The molecular formula is C12H18ClFN2. The molecule has 1 rings (SSSR count). The summed E-state index contributed by atoms with van der Waals surface area (Å²) in [5.74, 6) is -0.242. The first kappa shape index (κ1) is 13.3. The predicted molar refractivity (Wildman–Crippen MR) is 67.8 cm³/mol. The third-order valence-electron chi connectivity index (χ3n) is 2.65. The third kappa shape index (κ3) is 3.35. The fourth-order valence-electron chi connectivity index (χ4n) is 1.19. The summed E-state index contributed by atoms with van der Waals surface area (Å²) in [5, 5.41) is 6.84. The Hall–Kier alpha value is -0.800. The van der Waals surface area contributed by atoms with Crippen molar-refractivity contribution in [3.63, 3.8) is 0 Å². The molecular weight excluding hydrogens is 227 g/mol. The van der Waals surface area contributed by atoms with Crippen LogP contribution in [-0.2, 0) is 0 Å². The Morgan fingerprint density at radius 2 is 2.00 bits per heavy atom. The number of aryl methyl sites for hydroxylation is 1. The summed E-state index contributed by atoms with van der Waals surface area (Å²) < 4.78 is 13.3. The minimum absolute atomic E-state index is 0.0648. The van der Waals surface area contributed by atoms with Crippen LogP contribution in [0, 0.1) is 12.7 Å². The number of nitrogens with one attached hydrogen (secondary N) is 2. The van der Waals surface area contributed by atoms with Gasteiger partial charge in [0.05, 0.1) is 10.7 Å². The molecule has 16 heavy (non-hydrogen) atoms. The van der Waals surface area contributed by atoms with Gasteiger partial charge in [0.15, 0.2) is 0 Å². The zero-order chi connectivity index (χ0) is 12.3. The van der Waals surface area contributed by atoms with Gasteiger partial charge in [-0.3, -0.25) is 0 Å². The van der Waals surface area contributed by atoms with Crippen molar-refractivity contribution in [1.82, 2.24) is 5.32 Å². The fourth-order valence-corrected chi connectivity index (χ4v) is 1.47. The van der Waals surface area contributed by atoms with Gasteiger partial charge in [0.25, 0.3) is 0 Å². The monoisotopic (exact) mass is 244 g/mol. The van der Waals surface area contributed by atoms with Crippen molar-refractivity contribution < 1.29 is 4.39 Å². The van der Waals surface area contributed by atoms with E-state index < -0.39 is 0 Å². The minimum Gasteiger partial charge on any atom is -0.382 e. The number of halogens is 2. The molecule has 0 amide bonds. The summed E-state index contributed by atoms with van der Waals surface area (Å²) in [6, 6.07) is 3.06. The lowest BCUT2D eigenvalue weighted by Crippen LogP contribution is -2.42. The highest BCUT2D eigenvalue weighted by Crippen LogP contribution is 2.25. The second-order valence-corrected chi connectivity index (χ2v) is 4.98. The first-order valence-corrected chi connectivity index (χ1v) is 5.62. The predicted octanol–water partition coefficient (Wildman–Crippen LogP) is 3.20. The van der Waals surface area contributed by atoms with E-state index in [1.165, 1.54) is 6.07 Å². The molecule has 0 saturated carbocycles. The standard InChI is InChI=1S/C12H18ClFN2/c1-8-5-9(13)11(6-10(8)14)16-7-12(2,3)15-4/h5-6,15-16H,7H2,1-4H3. The van der Waals surface area contributed by atoms with Gasteiger partial charge in [-0.15, -0.1) is 0 Å². The van der Waals surface area contributed by atoms with Crippen LogP contribution in [0.3, 0.4) is 0 Å². The summed E-state index contributed by atoms with van der Waals surface area (Å²) in [5.41, 5.74) is 1.13. The van der Waals surface area contributed by atoms with Gasteiger partial charge in [-0.1, -0.05) is 11.6 Å². The van der Waals surface area contributed by atoms with Gasteiger partial charge >= 0.3 is 0 Å². The molecule has 0 radical (unpaired) electrons. The molecule has 0 spiro atoms. The molecule has 0 heterocycles. The van der Waals surface area contributed by atoms with Crippen molar-refractivity contribution in [2.75, 3.05) is 18.9 Å². The van der Waals surface area contributed by atoms with E-state index in [2.05, 4.69) is 24.5 Å². The number of anilines is 1. The van der Waals surface area contributed by atoms with Gasteiger partial charge < -0.3 is 10.6 Å². The maximum atomic E-state index is 13.3. The van der Waals surface area contributed by atoms with Gasteiger partial charge in [0.2, 0.25) is 0 Å².